The molecule has 1 aromatic carbocycles. The zero-order chi connectivity index (χ0) is 13.4. The van der Waals surface area contributed by atoms with E-state index in [0.717, 1.165) is 22.3 Å². The Morgan fingerprint density at radius 1 is 1.26 bits per heavy atom. The number of fused-ring (bicyclic) bond motifs is 1. The monoisotopic (exact) mass is 273 g/mol. The van der Waals surface area contributed by atoms with Crippen LogP contribution in [0.15, 0.2) is 30.6 Å². The first kappa shape index (κ1) is 11.9. The van der Waals surface area contributed by atoms with Crippen LogP contribution in [0, 0.1) is 6.92 Å². The molecule has 0 aliphatic rings. The Labute approximate surface area is 115 Å². The summed E-state index contributed by atoms with van der Waals surface area (Å²) < 4.78 is 1.87. The van der Waals surface area contributed by atoms with Gasteiger partial charge in [0.2, 0.25) is 0 Å². The van der Waals surface area contributed by atoms with Crippen LogP contribution in [0.1, 0.15) is 5.69 Å². The van der Waals surface area contributed by atoms with Gasteiger partial charge >= 0.3 is 0 Å². The SMILES string of the molecule is Cc1c2ccc(Nc3cncc(Cl)n3)cc2nn1C. The molecule has 2 heterocycles. The smallest absolute Gasteiger partial charge is 0.150 e. The van der Waals surface area contributed by atoms with Crippen molar-refractivity contribution < 1.29 is 0 Å². The van der Waals surface area contributed by atoms with Crippen LogP contribution in [-0.4, -0.2) is 19.7 Å². The lowest BCUT2D eigenvalue weighted by Crippen LogP contribution is -1.94. The highest BCUT2D eigenvalue weighted by Crippen LogP contribution is 2.23. The van der Waals surface area contributed by atoms with E-state index in [0.29, 0.717) is 11.0 Å². The summed E-state index contributed by atoms with van der Waals surface area (Å²) in [5.41, 5.74) is 2.99. The zero-order valence-electron chi connectivity index (χ0n) is 10.6. The van der Waals surface area contributed by atoms with E-state index in [1.807, 2.05) is 36.9 Å². The lowest BCUT2D eigenvalue weighted by atomic mass is 10.2. The molecule has 3 aromatic rings. The van der Waals surface area contributed by atoms with Gasteiger partial charge in [0.05, 0.1) is 17.9 Å². The lowest BCUT2D eigenvalue weighted by molar-refractivity contribution is 0.751. The van der Waals surface area contributed by atoms with E-state index in [9.17, 15) is 0 Å². The van der Waals surface area contributed by atoms with E-state index in [-0.39, 0.29) is 0 Å². The Bertz CT molecular complexity index is 750. The number of aromatic nitrogens is 4. The van der Waals surface area contributed by atoms with E-state index in [4.69, 9.17) is 11.6 Å². The van der Waals surface area contributed by atoms with Crippen molar-refractivity contribution in [2.75, 3.05) is 5.32 Å². The number of aryl methyl sites for hydroxylation is 2. The summed E-state index contributed by atoms with van der Waals surface area (Å²) in [7, 11) is 1.94. The molecular formula is C13H12ClN5. The molecule has 19 heavy (non-hydrogen) atoms. The highest BCUT2D eigenvalue weighted by molar-refractivity contribution is 6.29. The van der Waals surface area contributed by atoms with Crippen LogP contribution in [0.3, 0.4) is 0 Å². The van der Waals surface area contributed by atoms with Crippen molar-refractivity contribution in [3.05, 3.63) is 41.4 Å². The number of hydrogen-bond donors (Lipinski definition) is 1. The van der Waals surface area contributed by atoms with Crippen molar-refractivity contribution >= 4 is 34.0 Å². The molecule has 5 nitrogen and oxygen atoms in total. The first-order chi connectivity index (χ1) is 9.13. The molecule has 6 heteroatoms. The van der Waals surface area contributed by atoms with Gasteiger partial charge in [-0.1, -0.05) is 11.6 Å². The van der Waals surface area contributed by atoms with Crippen LogP contribution in [-0.2, 0) is 7.05 Å². The van der Waals surface area contributed by atoms with Crippen molar-refractivity contribution in [2.24, 2.45) is 7.05 Å². The van der Waals surface area contributed by atoms with Crippen LogP contribution in [0.4, 0.5) is 11.5 Å². The number of benzene rings is 1. The summed E-state index contributed by atoms with van der Waals surface area (Å²) in [6.45, 7) is 2.05. The third-order valence-corrected chi connectivity index (χ3v) is 3.19. The first-order valence-electron chi connectivity index (χ1n) is 5.81. The minimum Gasteiger partial charge on any atom is -0.339 e. The molecule has 0 aliphatic heterocycles. The number of nitrogens with zero attached hydrogens (tertiary/aromatic N) is 4. The molecule has 0 saturated carbocycles. The predicted molar refractivity (Wildman–Crippen MR) is 75.8 cm³/mol. The van der Waals surface area contributed by atoms with Gasteiger partial charge in [0.15, 0.2) is 5.82 Å². The van der Waals surface area contributed by atoms with Crippen LogP contribution < -0.4 is 5.32 Å². The first-order valence-corrected chi connectivity index (χ1v) is 6.19. The minimum absolute atomic E-state index is 0.361. The van der Waals surface area contributed by atoms with E-state index >= 15 is 0 Å². The summed E-state index contributed by atoms with van der Waals surface area (Å²) in [5.74, 6) is 0.611. The standard InChI is InChI=1S/C13H12ClN5/c1-8-10-4-3-9(5-11(10)18-19(8)2)16-13-7-15-6-12(14)17-13/h3-7H,1-2H3,(H,16,17). The fourth-order valence-corrected chi connectivity index (χ4v) is 2.11. The van der Waals surface area contributed by atoms with Gasteiger partial charge < -0.3 is 5.32 Å². The van der Waals surface area contributed by atoms with Gasteiger partial charge in [0.25, 0.3) is 0 Å². The highest BCUT2D eigenvalue weighted by atomic mass is 35.5. The molecule has 2 aromatic heterocycles. The molecule has 0 aliphatic carbocycles. The Kier molecular flexibility index (Phi) is 2.83. The normalized spacial score (nSPS) is 10.9. The van der Waals surface area contributed by atoms with Crippen molar-refractivity contribution in [3.8, 4) is 0 Å². The summed E-state index contributed by atoms with van der Waals surface area (Å²) in [4.78, 5) is 8.12. The van der Waals surface area contributed by atoms with Gasteiger partial charge in [-0.25, -0.2) is 4.98 Å². The summed E-state index contributed by atoms with van der Waals surface area (Å²) >= 11 is 5.80. The summed E-state index contributed by atoms with van der Waals surface area (Å²) in [6.07, 6.45) is 3.12. The maximum Gasteiger partial charge on any atom is 0.150 e. The highest BCUT2D eigenvalue weighted by Gasteiger charge is 2.06. The largest absolute Gasteiger partial charge is 0.339 e. The topological polar surface area (TPSA) is 55.6 Å². The molecule has 0 unspecified atom stereocenters. The van der Waals surface area contributed by atoms with Crippen molar-refractivity contribution in [3.63, 3.8) is 0 Å². The van der Waals surface area contributed by atoms with Crippen LogP contribution >= 0.6 is 11.6 Å². The molecule has 0 fully saturated rings. The molecule has 0 spiro atoms. The van der Waals surface area contributed by atoms with E-state index in [2.05, 4.69) is 20.4 Å². The average Bonchev–Trinajstić information content (AvgIpc) is 2.65. The molecule has 0 saturated heterocycles. The van der Waals surface area contributed by atoms with Gasteiger partial charge in [-0.15, -0.1) is 0 Å². The van der Waals surface area contributed by atoms with Crippen molar-refractivity contribution in [1.82, 2.24) is 19.7 Å². The Balaban J connectivity index is 1.97. The molecule has 3 rings (SSSR count). The lowest BCUT2D eigenvalue weighted by Gasteiger charge is -2.04. The average molecular weight is 274 g/mol. The molecule has 96 valence electrons. The number of halogens is 1. The summed E-state index contributed by atoms with van der Waals surface area (Å²) in [5, 5.41) is 9.11. The minimum atomic E-state index is 0.361. The van der Waals surface area contributed by atoms with E-state index in [1.165, 1.54) is 6.20 Å². The second kappa shape index (κ2) is 4.51. The third kappa shape index (κ3) is 2.24. The maximum absolute atomic E-state index is 5.80. The van der Waals surface area contributed by atoms with Crippen LogP contribution in [0.25, 0.3) is 10.9 Å². The molecule has 0 amide bonds. The fraction of sp³-hybridized carbons (Fsp3) is 0.154. The van der Waals surface area contributed by atoms with E-state index in [1.54, 1.807) is 6.20 Å². The second-order valence-corrected chi connectivity index (χ2v) is 4.68. The molecule has 0 atom stereocenters. The Morgan fingerprint density at radius 3 is 2.89 bits per heavy atom. The van der Waals surface area contributed by atoms with Crippen molar-refractivity contribution in [2.45, 2.75) is 6.92 Å². The van der Waals surface area contributed by atoms with Gasteiger partial charge in [-0.3, -0.25) is 9.67 Å². The molecule has 0 bridgehead atoms. The van der Waals surface area contributed by atoms with Gasteiger partial charge in [0, 0.05) is 23.8 Å². The summed E-state index contributed by atoms with van der Waals surface area (Å²) in [6, 6.07) is 6.00. The van der Waals surface area contributed by atoms with E-state index < -0.39 is 0 Å². The zero-order valence-corrected chi connectivity index (χ0v) is 11.3. The number of rotatable bonds is 2. The number of nitrogens with one attached hydrogen (secondary N) is 1. The quantitative estimate of drug-likeness (QED) is 0.780. The van der Waals surface area contributed by atoms with Gasteiger partial charge in [0.1, 0.15) is 5.15 Å². The van der Waals surface area contributed by atoms with Gasteiger partial charge in [-0.2, -0.15) is 5.10 Å². The number of anilines is 2. The third-order valence-electron chi connectivity index (χ3n) is 3.01. The van der Waals surface area contributed by atoms with Crippen LogP contribution in [0.2, 0.25) is 5.15 Å². The predicted octanol–water partition coefficient (Wildman–Crippen LogP) is 3.07. The van der Waals surface area contributed by atoms with Crippen molar-refractivity contribution in [1.29, 1.82) is 0 Å². The van der Waals surface area contributed by atoms with Gasteiger partial charge in [-0.05, 0) is 25.1 Å². The molecule has 0 radical (unpaired) electrons. The van der Waals surface area contributed by atoms with Crippen LogP contribution in [0.5, 0.6) is 0 Å². The molecular weight excluding hydrogens is 262 g/mol. The second-order valence-electron chi connectivity index (χ2n) is 4.29. The Hall–Kier alpha value is -2.14. The Morgan fingerprint density at radius 2 is 2.11 bits per heavy atom. The fourth-order valence-electron chi connectivity index (χ4n) is 1.96. The number of hydrogen-bond acceptors (Lipinski definition) is 4. The maximum atomic E-state index is 5.80. The molecule has 1 N–H and O–H groups in total.